The molecule has 0 spiro atoms. The Bertz CT molecular complexity index is 1260. The molecule has 2 amide bonds. The van der Waals surface area contributed by atoms with Crippen molar-refractivity contribution in [1.29, 1.82) is 0 Å². The number of halogens is 2. The molecule has 1 aromatic heterocycles. The summed E-state index contributed by atoms with van der Waals surface area (Å²) in [5.41, 5.74) is 2.46. The van der Waals surface area contributed by atoms with E-state index in [4.69, 9.17) is 9.47 Å². The number of hydrogen-bond acceptors (Lipinski definition) is 6. The van der Waals surface area contributed by atoms with E-state index in [0.29, 0.717) is 49.2 Å². The van der Waals surface area contributed by atoms with E-state index in [1.807, 2.05) is 24.3 Å². The van der Waals surface area contributed by atoms with E-state index in [0.717, 1.165) is 18.4 Å². The van der Waals surface area contributed by atoms with Crippen LogP contribution in [0.2, 0.25) is 0 Å². The zero-order valence-electron chi connectivity index (χ0n) is 19.9. The Morgan fingerprint density at radius 2 is 1.65 bits per heavy atom. The smallest absolute Gasteiger partial charge is 0.387 e. The van der Waals surface area contributed by atoms with Gasteiger partial charge in [0.1, 0.15) is 24.7 Å². The van der Waals surface area contributed by atoms with E-state index in [1.54, 1.807) is 17.0 Å². The normalized spacial score (nSPS) is 15.4. The van der Waals surface area contributed by atoms with Crippen LogP contribution in [0.15, 0.2) is 60.7 Å². The van der Waals surface area contributed by atoms with E-state index in [9.17, 15) is 18.4 Å². The fourth-order valence-electron chi connectivity index (χ4n) is 4.47. The lowest BCUT2D eigenvalue weighted by Crippen LogP contribution is -2.37. The zero-order valence-corrected chi connectivity index (χ0v) is 19.9. The van der Waals surface area contributed by atoms with Crippen LogP contribution < -0.4 is 19.5 Å². The second-order valence-corrected chi connectivity index (χ2v) is 8.74. The van der Waals surface area contributed by atoms with Gasteiger partial charge in [0.2, 0.25) is 0 Å². The SMILES string of the molecule is O=C(Nc1ccc(C2CCN(C(=O)c3ccc(OC(F)F)cc3)CC2)cc1)c1ccc2c(n1)OCCO2. The van der Waals surface area contributed by atoms with Gasteiger partial charge in [-0.05, 0) is 72.9 Å². The van der Waals surface area contributed by atoms with E-state index in [1.165, 1.54) is 24.3 Å². The second-order valence-electron chi connectivity index (χ2n) is 8.74. The maximum absolute atomic E-state index is 12.8. The van der Waals surface area contributed by atoms with Crippen LogP contribution in [0.4, 0.5) is 14.5 Å². The van der Waals surface area contributed by atoms with Crippen LogP contribution in [0.3, 0.4) is 0 Å². The molecule has 0 atom stereocenters. The van der Waals surface area contributed by atoms with Crippen LogP contribution in [-0.4, -0.2) is 54.6 Å². The lowest BCUT2D eigenvalue weighted by Gasteiger charge is -2.32. The summed E-state index contributed by atoms with van der Waals surface area (Å²) in [4.78, 5) is 31.4. The van der Waals surface area contributed by atoms with Crippen molar-refractivity contribution in [2.24, 2.45) is 0 Å². The standard InChI is InChI=1S/C27H25F2N3O5/c28-27(29)37-21-7-3-19(4-8-21)26(34)32-13-11-18(12-14-32)17-1-5-20(6-2-17)30-24(33)22-9-10-23-25(31-22)36-16-15-35-23/h1-10,18,27H,11-16H2,(H,30,33). The first kappa shape index (κ1) is 24.5. The molecule has 5 rings (SSSR count). The Kier molecular flexibility index (Phi) is 7.16. The summed E-state index contributed by atoms with van der Waals surface area (Å²) < 4.78 is 39.9. The average molecular weight is 510 g/mol. The van der Waals surface area contributed by atoms with Crippen molar-refractivity contribution in [2.75, 3.05) is 31.6 Å². The molecule has 0 bridgehead atoms. The maximum Gasteiger partial charge on any atom is 0.387 e. The van der Waals surface area contributed by atoms with Gasteiger partial charge in [-0.25, -0.2) is 4.98 Å². The Balaban J connectivity index is 1.14. The highest BCUT2D eigenvalue weighted by molar-refractivity contribution is 6.03. The summed E-state index contributed by atoms with van der Waals surface area (Å²) in [5.74, 6) is 0.676. The molecule has 192 valence electrons. The monoisotopic (exact) mass is 509 g/mol. The third-order valence-electron chi connectivity index (χ3n) is 6.39. The minimum absolute atomic E-state index is 0.0208. The Morgan fingerprint density at radius 1 is 0.946 bits per heavy atom. The van der Waals surface area contributed by atoms with Gasteiger partial charge in [0, 0.05) is 24.3 Å². The van der Waals surface area contributed by atoms with Crippen molar-refractivity contribution in [1.82, 2.24) is 9.88 Å². The number of likely N-dealkylation sites (tertiary alicyclic amines) is 1. The number of hydrogen-bond donors (Lipinski definition) is 1. The minimum atomic E-state index is -2.90. The maximum atomic E-state index is 12.8. The molecule has 3 heterocycles. The predicted molar refractivity (Wildman–Crippen MR) is 131 cm³/mol. The van der Waals surface area contributed by atoms with Crippen LogP contribution >= 0.6 is 0 Å². The van der Waals surface area contributed by atoms with Gasteiger partial charge in [0.25, 0.3) is 17.7 Å². The van der Waals surface area contributed by atoms with E-state index < -0.39 is 6.61 Å². The predicted octanol–water partition coefficient (Wildman–Crippen LogP) is 4.73. The summed E-state index contributed by atoms with van der Waals surface area (Å²) in [6.07, 6.45) is 1.59. The highest BCUT2D eigenvalue weighted by Crippen LogP contribution is 2.30. The molecular weight excluding hydrogens is 484 g/mol. The number of fused-ring (bicyclic) bond motifs is 1. The number of alkyl halides is 2. The first-order valence-electron chi connectivity index (χ1n) is 12.0. The lowest BCUT2D eigenvalue weighted by molar-refractivity contribution is -0.0498. The van der Waals surface area contributed by atoms with Gasteiger partial charge in [-0.2, -0.15) is 8.78 Å². The number of pyridine rings is 1. The quantitative estimate of drug-likeness (QED) is 0.517. The summed E-state index contributed by atoms with van der Waals surface area (Å²) in [6.45, 7) is -0.870. The van der Waals surface area contributed by atoms with Crippen LogP contribution in [0.25, 0.3) is 0 Å². The van der Waals surface area contributed by atoms with Crippen molar-refractivity contribution in [2.45, 2.75) is 25.4 Å². The second kappa shape index (κ2) is 10.8. The van der Waals surface area contributed by atoms with Crippen molar-refractivity contribution in [3.05, 3.63) is 77.5 Å². The van der Waals surface area contributed by atoms with Gasteiger partial charge in [-0.15, -0.1) is 0 Å². The first-order chi connectivity index (χ1) is 18.0. The number of rotatable bonds is 6. The van der Waals surface area contributed by atoms with Gasteiger partial charge in [0.05, 0.1) is 0 Å². The Hall–Kier alpha value is -4.21. The number of ether oxygens (including phenoxy) is 3. The van der Waals surface area contributed by atoms with Crippen molar-refractivity contribution in [3.8, 4) is 17.4 Å². The number of carbonyl (C=O) groups excluding carboxylic acids is 2. The van der Waals surface area contributed by atoms with Gasteiger partial charge < -0.3 is 24.4 Å². The zero-order chi connectivity index (χ0) is 25.8. The largest absolute Gasteiger partial charge is 0.484 e. The lowest BCUT2D eigenvalue weighted by atomic mass is 9.89. The number of piperidine rings is 1. The van der Waals surface area contributed by atoms with E-state index in [-0.39, 0.29) is 29.2 Å². The third-order valence-corrected chi connectivity index (χ3v) is 6.39. The Labute approximate surface area is 212 Å². The van der Waals surface area contributed by atoms with Crippen LogP contribution in [-0.2, 0) is 0 Å². The van der Waals surface area contributed by atoms with Crippen LogP contribution in [0.5, 0.6) is 17.4 Å². The van der Waals surface area contributed by atoms with Crippen LogP contribution in [0.1, 0.15) is 45.2 Å². The number of aromatic nitrogens is 1. The van der Waals surface area contributed by atoms with Crippen molar-refractivity contribution < 1.29 is 32.6 Å². The molecule has 2 aliphatic rings. The van der Waals surface area contributed by atoms with Gasteiger partial charge in [-0.3, -0.25) is 9.59 Å². The number of benzene rings is 2. The minimum Gasteiger partial charge on any atom is -0.484 e. The van der Waals surface area contributed by atoms with E-state index >= 15 is 0 Å². The number of anilines is 1. The summed E-state index contributed by atoms with van der Waals surface area (Å²) >= 11 is 0. The van der Waals surface area contributed by atoms with Gasteiger partial charge >= 0.3 is 6.61 Å². The fourth-order valence-corrected chi connectivity index (χ4v) is 4.47. The molecule has 0 radical (unpaired) electrons. The molecular formula is C27H25F2N3O5. The molecule has 1 saturated heterocycles. The van der Waals surface area contributed by atoms with Crippen molar-refractivity contribution >= 4 is 17.5 Å². The molecule has 2 aliphatic heterocycles. The Morgan fingerprint density at radius 3 is 2.35 bits per heavy atom. The third kappa shape index (κ3) is 5.79. The average Bonchev–Trinajstić information content (AvgIpc) is 2.93. The number of amides is 2. The van der Waals surface area contributed by atoms with Crippen LogP contribution in [0, 0.1) is 0 Å². The fraction of sp³-hybridized carbons (Fsp3) is 0.296. The molecule has 0 aliphatic carbocycles. The molecule has 2 aromatic carbocycles. The van der Waals surface area contributed by atoms with Gasteiger partial charge in [0.15, 0.2) is 5.75 Å². The summed E-state index contributed by atoms with van der Waals surface area (Å²) in [7, 11) is 0. The molecule has 1 N–H and O–H groups in total. The number of nitrogens with one attached hydrogen (secondary N) is 1. The molecule has 3 aromatic rings. The highest BCUT2D eigenvalue weighted by atomic mass is 19.3. The summed E-state index contributed by atoms with van der Waals surface area (Å²) in [5, 5.41) is 2.85. The molecule has 10 heteroatoms. The molecule has 8 nitrogen and oxygen atoms in total. The molecule has 0 saturated carbocycles. The first-order valence-corrected chi connectivity index (χ1v) is 12.0. The molecule has 0 unspecified atom stereocenters. The summed E-state index contributed by atoms with van der Waals surface area (Å²) in [6, 6.07) is 16.7. The molecule has 1 fully saturated rings. The van der Waals surface area contributed by atoms with Gasteiger partial charge in [-0.1, -0.05) is 12.1 Å². The topological polar surface area (TPSA) is 90.0 Å². The van der Waals surface area contributed by atoms with E-state index in [2.05, 4.69) is 15.0 Å². The number of nitrogens with zero attached hydrogens (tertiary/aromatic N) is 2. The number of carbonyl (C=O) groups is 2. The molecule has 37 heavy (non-hydrogen) atoms. The highest BCUT2D eigenvalue weighted by Gasteiger charge is 2.25. The van der Waals surface area contributed by atoms with Crippen molar-refractivity contribution in [3.63, 3.8) is 0 Å².